The summed E-state index contributed by atoms with van der Waals surface area (Å²) in [7, 11) is 0. The average molecular weight is 225 g/mol. The van der Waals surface area contributed by atoms with Crippen LogP contribution < -0.4 is 5.32 Å². The van der Waals surface area contributed by atoms with Gasteiger partial charge in [0, 0.05) is 12.1 Å². The standard InChI is InChI=1S/C13H20FNO/c1-3-13(9-16)15-10(2)7-11-5-4-6-12(14)8-11/h4-6,8,10,13,15-16H,3,7,9H2,1-2H3/t10?,13-/m0/s1. The van der Waals surface area contributed by atoms with Crippen molar-refractivity contribution >= 4 is 0 Å². The van der Waals surface area contributed by atoms with E-state index in [9.17, 15) is 4.39 Å². The van der Waals surface area contributed by atoms with Crippen LogP contribution in [0.2, 0.25) is 0 Å². The van der Waals surface area contributed by atoms with E-state index in [2.05, 4.69) is 5.32 Å². The zero-order valence-corrected chi connectivity index (χ0v) is 9.91. The van der Waals surface area contributed by atoms with E-state index in [1.807, 2.05) is 19.9 Å². The van der Waals surface area contributed by atoms with Gasteiger partial charge in [0.15, 0.2) is 0 Å². The Balaban J connectivity index is 2.47. The SMILES string of the molecule is CC[C@@H](CO)NC(C)Cc1cccc(F)c1. The summed E-state index contributed by atoms with van der Waals surface area (Å²) in [4.78, 5) is 0. The van der Waals surface area contributed by atoms with E-state index in [1.54, 1.807) is 12.1 Å². The van der Waals surface area contributed by atoms with E-state index >= 15 is 0 Å². The van der Waals surface area contributed by atoms with E-state index in [0.717, 1.165) is 18.4 Å². The molecule has 0 amide bonds. The minimum Gasteiger partial charge on any atom is -0.395 e. The first-order chi connectivity index (χ1) is 7.65. The van der Waals surface area contributed by atoms with Gasteiger partial charge in [-0.15, -0.1) is 0 Å². The molecule has 2 N–H and O–H groups in total. The van der Waals surface area contributed by atoms with E-state index in [1.165, 1.54) is 6.07 Å². The summed E-state index contributed by atoms with van der Waals surface area (Å²) in [6.45, 7) is 4.22. The normalized spacial score (nSPS) is 14.8. The van der Waals surface area contributed by atoms with Crippen LogP contribution in [0, 0.1) is 5.82 Å². The Morgan fingerprint density at radius 2 is 2.19 bits per heavy atom. The Hall–Kier alpha value is -0.930. The monoisotopic (exact) mass is 225 g/mol. The molecule has 0 aliphatic rings. The third-order valence-electron chi connectivity index (χ3n) is 2.66. The van der Waals surface area contributed by atoms with Crippen LogP contribution in [-0.2, 0) is 6.42 Å². The van der Waals surface area contributed by atoms with Crippen molar-refractivity contribution in [2.24, 2.45) is 0 Å². The number of rotatable bonds is 6. The van der Waals surface area contributed by atoms with Crippen molar-refractivity contribution < 1.29 is 9.50 Å². The zero-order chi connectivity index (χ0) is 12.0. The number of benzene rings is 1. The van der Waals surface area contributed by atoms with Gasteiger partial charge in [0.2, 0.25) is 0 Å². The highest BCUT2D eigenvalue weighted by Gasteiger charge is 2.09. The topological polar surface area (TPSA) is 32.3 Å². The number of halogens is 1. The molecule has 0 spiro atoms. The maximum absolute atomic E-state index is 13.0. The Kier molecular flexibility index (Phi) is 5.43. The Morgan fingerprint density at radius 1 is 1.44 bits per heavy atom. The highest BCUT2D eigenvalue weighted by atomic mass is 19.1. The number of aliphatic hydroxyl groups is 1. The number of aliphatic hydroxyl groups excluding tert-OH is 1. The Bertz CT molecular complexity index is 313. The van der Waals surface area contributed by atoms with Crippen molar-refractivity contribution in [3.8, 4) is 0 Å². The van der Waals surface area contributed by atoms with Crippen molar-refractivity contribution in [1.82, 2.24) is 5.32 Å². The fourth-order valence-electron chi connectivity index (χ4n) is 1.78. The summed E-state index contributed by atoms with van der Waals surface area (Å²) in [6.07, 6.45) is 1.66. The summed E-state index contributed by atoms with van der Waals surface area (Å²) in [5.41, 5.74) is 0.979. The van der Waals surface area contributed by atoms with Crippen molar-refractivity contribution in [1.29, 1.82) is 0 Å². The smallest absolute Gasteiger partial charge is 0.123 e. The molecule has 2 nitrogen and oxygen atoms in total. The maximum Gasteiger partial charge on any atom is 0.123 e. The van der Waals surface area contributed by atoms with Crippen molar-refractivity contribution in [2.45, 2.75) is 38.8 Å². The number of hydrogen-bond acceptors (Lipinski definition) is 2. The van der Waals surface area contributed by atoms with E-state index in [4.69, 9.17) is 5.11 Å². The maximum atomic E-state index is 13.0. The number of hydrogen-bond donors (Lipinski definition) is 2. The molecule has 1 aromatic carbocycles. The summed E-state index contributed by atoms with van der Waals surface area (Å²) < 4.78 is 13.0. The quantitative estimate of drug-likeness (QED) is 0.777. The molecular weight excluding hydrogens is 205 g/mol. The van der Waals surface area contributed by atoms with Gasteiger partial charge >= 0.3 is 0 Å². The molecule has 1 aromatic rings. The van der Waals surface area contributed by atoms with Gasteiger partial charge in [0.25, 0.3) is 0 Å². The molecule has 0 radical (unpaired) electrons. The summed E-state index contributed by atoms with van der Waals surface area (Å²) in [5.74, 6) is -0.195. The lowest BCUT2D eigenvalue weighted by atomic mass is 10.1. The molecule has 0 aromatic heterocycles. The van der Waals surface area contributed by atoms with E-state index in [0.29, 0.717) is 0 Å². The molecule has 0 saturated carbocycles. The molecule has 0 heterocycles. The second-order valence-corrected chi connectivity index (χ2v) is 4.19. The molecule has 1 rings (SSSR count). The van der Waals surface area contributed by atoms with E-state index < -0.39 is 0 Å². The highest BCUT2D eigenvalue weighted by Crippen LogP contribution is 2.07. The van der Waals surface area contributed by atoms with Crippen LogP contribution in [0.3, 0.4) is 0 Å². The summed E-state index contributed by atoms with van der Waals surface area (Å²) in [6, 6.07) is 7.01. The van der Waals surface area contributed by atoms with Crippen LogP contribution in [-0.4, -0.2) is 23.8 Å². The fourth-order valence-corrected chi connectivity index (χ4v) is 1.78. The molecule has 16 heavy (non-hydrogen) atoms. The summed E-state index contributed by atoms with van der Waals surface area (Å²) in [5, 5.41) is 12.4. The molecule has 0 aliphatic carbocycles. The van der Waals surface area contributed by atoms with Gasteiger partial charge in [-0.3, -0.25) is 0 Å². The van der Waals surface area contributed by atoms with Gasteiger partial charge < -0.3 is 10.4 Å². The predicted molar refractivity (Wildman–Crippen MR) is 63.9 cm³/mol. The molecule has 90 valence electrons. The van der Waals surface area contributed by atoms with Crippen LogP contribution in [0.5, 0.6) is 0 Å². The molecule has 0 saturated heterocycles. The van der Waals surface area contributed by atoms with Gasteiger partial charge in [0.05, 0.1) is 6.61 Å². The van der Waals surface area contributed by atoms with Crippen LogP contribution in [0.1, 0.15) is 25.8 Å². The highest BCUT2D eigenvalue weighted by molar-refractivity contribution is 5.17. The average Bonchev–Trinajstić information content (AvgIpc) is 2.26. The van der Waals surface area contributed by atoms with Gasteiger partial charge in [-0.25, -0.2) is 4.39 Å². The van der Waals surface area contributed by atoms with Gasteiger partial charge in [-0.2, -0.15) is 0 Å². The first-order valence-electron chi connectivity index (χ1n) is 5.77. The molecule has 2 atom stereocenters. The molecule has 3 heteroatoms. The van der Waals surface area contributed by atoms with Crippen LogP contribution in [0.25, 0.3) is 0 Å². The first-order valence-corrected chi connectivity index (χ1v) is 5.77. The van der Waals surface area contributed by atoms with Crippen molar-refractivity contribution in [3.05, 3.63) is 35.6 Å². The molecular formula is C13H20FNO. The second-order valence-electron chi connectivity index (χ2n) is 4.19. The third-order valence-corrected chi connectivity index (χ3v) is 2.66. The van der Waals surface area contributed by atoms with Crippen LogP contribution in [0.15, 0.2) is 24.3 Å². The lowest BCUT2D eigenvalue weighted by Gasteiger charge is -2.20. The lowest BCUT2D eigenvalue weighted by molar-refractivity contribution is 0.229. The van der Waals surface area contributed by atoms with Crippen LogP contribution >= 0.6 is 0 Å². The van der Waals surface area contributed by atoms with Crippen molar-refractivity contribution in [2.75, 3.05) is 6.61 Å². The number of nitrogens with one attached hydrogen (secondary N) is 1. The molecule has 1 unspecified atom stereocenters. The van der Waals surface area contributed by atoms with Crippen molar-refractivity contribution in [3.63, 3.8) is 0 Å². The minimum absolute atomic E-state index is 0.128. The zero-order valence-electron chi connectivity index (χ0n) is 9.91. The lowest BCUT2D eigenvalue weighted by Crippen LogP contribution is -2.39. The Labute approximate surface area is 96.5 Å². The van der Waals surface area contributed by atoms with Gasteiger partial charge in [-0.05, 0) is 37.5 Å². The van der Waals surface area contributed by atoms with Gasteiger partial charge in [0.1, 0.15) is 5.82 Å². The molecule has 0 aliphatic heterocycles. The second kappa shape index (κ2) is 6.61. The Morgan fingerprint density at radius 3 is 2.75 bits per heavy atom. The van der Waals surface area contributed by atoms with Crippen LogP contribution in [0.4, 0.5) is 4.39 Å². The molecule has 0 bridgehead atoms. The summed E-state index contributed by atoms with van der Waals surface area (Å²) >= 11 is 0. The third kappa shape index (κ3) is 4.29. The predicted octanol–water partition coefficient (Wildman–Crippen LogP) is 2.12. The van der Waals surface area contributed by atoms with Gasteiger partial charge in [-0.1, -0.05) is 19.1 Å². The largest absolute Gasteiger partial charge is 0.395 e. The fraction of sp³-hybridized carbons (Fsp3) is 0.538. The minimum atomic E-state index is -0.195. The van der Waals surface area contributed by atoms with E-state index in [-0.39, 0.29) is 24.5 Å². The first kappa shape index (κ1) is 13.1. The molecule has 0 fully saturated rings.